The maximum absolute atomic E-state index is 12.7. The van der Waals surface area contributed by atoms with Crippen molar-refractivity contribution in [3.05, 3.63) is 60.4 Å². The number of nitrogens with zero attached hydrogens (tertiary/aromatic N) is 3. The number of para-hydroxylation sites is 1. The average Bonchev–Trinajstić information content (AvgIpc) is 3.54. The molecule has 1 saturated carbocycles. The van der Waals surface area contributed by atoms with Gasteiger partial charge in [0, 0.05) is 17.6 Å². The van der Waals surface area contributed by atoms with Gasteiger partial charge in [-0.15, -0.1) is 5.10 Å². The molecule has 8 nitrogen and oxygen atoms in total. The van der Waals surface area contributed by atoms with Crippen LogP contribution in [0.15, 0.2) is 64.6 Å². The van der Waals surface area contributed by atoms with Gasteiger partial charge in [-0.25, -0.2) is 22.8 Å². The van der Waals surface area contributed by atoms with Crippen LogP contribution in [0.2, 0.25) is 0 Å². The second-order valence-electron chi connectivity index (χ2n) is 8.32. The second kappa shape index (κ2) is 9.66. The highest BCUT2D eigenvalue weighted by Crippen LogP contribution is 2.40. The highest BCUT2D eigenvalue weighted by atomic mass is 32.2. The first-order valence-corrected chi connectivity index (χ1v) is 13.2. The van der Waals surface area contributed by atoms with Crippen LogP contribution in [-0.4, -0.2) is 40.4 Å². The van der Waals surface area contributed by atoms with Crippen LogP contribution in [-0.2, 0) is 14.8 Å². The Morgan fingerprint density at radius 2 is 1.73 bits per heavy atom. The fraction of sp³-hybridized carbons (Fsp3) is 0.348. The molecule has 0 spiro atoms. The van der Waals surface area contributed by atoms with Gasteiger partial charge in [0.1, 0.15) is 5.82 Å². The summed E-state index contributed by atoms with van der Waals surface area (Å²) in [6.45, 7) is 5.32. The zero-order chi connectivity index (χ0) is 23.6. The Kier molecular flexibility index (Phi) is 6.87. The van der Waals surface area contributed by atoms with Gasteiger partial charge in [-0.05, 0) is 70.0 Å². The van der Waals surface area contributed by atoms with Crippen LogP contribution in [0.1, 0.15) is 45.4 Å². The number of amides is 1. The summed E-state index contributed by atoms with van der Waals surface area (Å²) in [5, 5.41) is 7.60. The van der Waals surface area contributed by atoms with Gasteiger partial charge < -0.3 is 5.32 Å². The van der Waals surface area contributed by atoms with E-state index in [-0.39, 0.29) is 16.8 Å². The van der Waals surface area contributed by atoms with Crippen molar-refractivity contribution in [1.82, 2.24) is 19.5 Å². The smallest absolute Gasteiger partial charge is 0.240 e. The van der Waals surface area contributed by atoms with E-state index >= 15 is 0 Å². The molecule has 2 aromatic carbocycles. The summed E-state index contributed by atoms with van der Waals surface area (Å²) in [6.07, 6.45) is 2.20. The maximum atomic E-state index is 12.7. The van der Waals surface area contributed by atoms with Crippen molar-refractivity contribution in [2.45, 2.75) is 60.9 Å². The van der Waals surface area contributed by atoms with Gasteiger partial charge in [-0.2, -0.15) is 0 Å². The molecule has 1 aliphatic rings. The molecule has 4 rings (SSSR count). The highest BCUT2D eigenvalue weighted by molar-refractivity contribution is 8.00. The maximum Gasteiger partial charge on any atom is 0.240 e. The molecule has 1 fully saturated rings. The molecular formula is C23H27N5O3S2. The lowest BCUT2D eigenvalue weighted by Crippen LogP contribution is -2.30. The molecule has 1 unspecified atom stereocenters. The molecular weight excluding hydrogens is 458 g/mol. The van der Waals surface area contributed by atoms with Crippen LogP contribution in [0.25, 0.3) is 5.69 Å². The van der Waals surface area contributed by atoms with E-state index in [1.54, 1.807) is 32.9 Å². The third kappa shape index (κ3) is 5.82. The van der Waals surface area contributed by atoms with Crippen molar-refractivity contribution in [2.24, 2.45) is 0 Å². The lowest BCUT2D eigenvalue weighted by molar-refractivity contribution is -0.115. The Labute approximate surface area is 198 Å². The molecule has 2 N–H and O–H groups in total. The van der Waals surface area contributed by atoms with Gasteiger partial charge in [0.15, 0.2) is 0 Å². The number of carbonyl (C=O) groups is 1. The van der Waals surface area contributed by atoms with Crippen molar-refractivity contribution in [3.8, 4) is 5.69 Å². The van der Waals surface area contributed by atoms with Crippen LogP contribution < -0.4 is 10.0 Å². The van der Waals surface area contributed by atoms with Gasteiger partial charge in [0.05, 0.1) is 15.8 Å². The summed E-state index contributed by atoms with van der Waals surface area (Å²) in [7, 11) is -3.57. The summed E-state index contributed by atoms with van der Waals surface area (Å²) >= 11 is 1.30. The molecule has 174 valence electrons. The molecule has 0 bridgehead atoms. The van der Waals surface area contributed by atoms with E-state index in [0.717, 1.165) is 24.4 Å². The number of nitrogens with one attached hydrogen (secondary N) is 2. The third-order valence-corrected chi connectivity index (χ3v) is 7.66. The topological polar surface area (TPSA) is 106 Å². The second-order valence-corrected chi connectivity index (χ2v) is 11.3. The largest absolute Gasteiger partial charge is 0.325 e. The van der Waals surface area contributed by atoms with Crippen LogP contribution in [0.3, 0.4) is 0 Å². The summed E-state index contributed by atoms with van der Waals surface area (Å²) in [5.74, 6) is 1.14. The molecule has 33 heavy (non-hydrogen) atoms. The number of sulfonamides is 1. The number of anilines is 1. The SMILES string of the molecule is CC(C)NS(=O)(=O)c1ccc(NC(=O)C(C)Sc2nc(C3CC3)n(-c3ccccc3)n2)cc1. The highest BCUT2D eigenvalue weighted by Gasteiger charge is 2.31. The average molecular weight is 486 g/mol. The molecule has 0 aliphatic heterocycles. The first-order valence-electron chi connectivity index (χ1n) is 10.9. The van der Waals surface area contributed by atoms with Gasteiger partial charge in [-0.1, -0.05) is 30.0 Å². The Hall–Kier alpha value is -2.69. The Morgan fingerprint density at radius 1 is 1.06 bits per heavy atom. The lowest BCUT2D eigenvalue weighted by atomic mass is 10.3. The van der Waals surface area contributed by atoms with Crippen molar-refractivity contribution < 1.29 is 13.2 Å². The molecule has 0 saturated heterocycles. The first kappa shape index (κ1) is 23.5. The van der Waals surface area contributed by atoms with E-state index in [4.69, 9.17) is 4.98 Å². The summed E-state index contributed by atoms with van der Waals surface area (Å²) in [4.78, 5) is 17.6. The number of hydrogen-bond donors (Lipinski definition) is 2. The van der Waals surface area contributed by atoms with E-state index in [1.807, 2.05) is 35.0 Å². The van der Waals surface area contributed by atoms with Crippen LogP contribution in [0.5, 0.6) is 0 Å². The van der Waals surface area contributed by atoms with E-state index in [2.05, 4.69) is 15.1 Å². The summed E-state index contributed by atoms with van der Waals surface area (Å²) in [6, 6.07) is 15.8. The first-order chi connectivity index (χ1) is 15.7. The van der Waals surface area contributed by atoms with Gasteiger partial charge >= 0.3 is 0 Å². The van der Waals surface area contributed by atoms with Crippen molar-refractivity contribution >= 4 is 33.4 Å². The molecule has 10 heteroatoms. The zero-order valence-corrected chi connectivity index (χ0v) is 20.4. The number of carbonyl (C=O) groups excluding carboxylic acids is 1. The number of rotatable bonds is 9. The minimum atomic E-state index is -3.57. The number of hydrogen-bond acceptors (Lipinski definition) is 6. The molecule has 3 aromatic rings. The normalized spacial score (nSPS) is 14.9. The quantitative estimate of drug-likeness (QED) is 0.445. The fourth-order valence-corrected chi connectivity index (χ4v) is 5.28. The summed E-state index contributed by atoms with van der Waals surface area (Å²) in [5.41, 5.74) is 1.48. The van der Waals surface area contributed by atoms with Crippen LogP contribution in [0.4, 0.5) is 5.69 Å². The number of thioether (sulfide) groups is 1. The summed E-state index contributed by atoms with van der Waals surface area (Å²) < 4.78 is 28.9. The Bertz CT molecular complexity index is 1220. The lowest BCUT2D eigenvalue weighted by Gasteiger charge is -2.12. The van der Waals surface area contributed by atoms with E-state index < -0.39 is 15.3 Å². The molecule has 1 amide bonds. The fourth-order valence-electron chi connectivity index (χ4n) is 3.27. The molecule has 1 heterocycles. The Balaban J connectivity index is 1.42. The van der Waals surface area contributed by atoms with E-state index in [1.165, 1.54) is 23.9 Å². The van der Waals surface area contributed by atoms with Crippen molar-refractivity contribution in [3.63, 3.8) is 0 Å². The van der Waals surface area contributed by atoms with Crippen LogP contribution in [0, 0.1) is 0 Å². The zero-order valence-electron chi connectivity index (χ0n) is 18.7. The predicted molar refractivity (Wildman–Crippen MR) is 129 cm³/mol. The van der Waals surface area contributed by atoms with Crippen molar-refractivity contribution in [2.75, 3.05) is 5.32 Å². The monoisotopic (exact) mass is 485 g/mol. The van der Waals surface area contributed by atoms with E-state index in [0.29, 0.717) is 16.8 Å². The number of benzene rings is 2. The molecule has 1 aliphatic carbocycles. The predicted octanol–water partition coefficient (Wildman–Crippen LogP) is 3.95. The molecule has 1 atom stereocenters. The number of aromatic nitrogens is 3. The minimum absolute atomic E-state index is 0.153. The van der Waals surface area contributed by atoms with Gasteiger partial charge in [-0.3, -0.25) is 4.79 Å². The van der Waals surface area contributed by atoms with Gasteiger partial charge in [0.2, 0.25) is 21.1 Å². The van der Waals surface area contributed by atoms with Gasteiger partial charge in [0.25, 0.3) is 0 Å². The minimum Gasteiger partial charge on any atom is -0.325 e. The molecule has 0 radical (unpaired) electrons. The molecule has 1 aromatic heterocycles. The Morgan fingerprint density at radius 3 is 2.33 bits per heavy atom. The third-order valence-electron chi connectivity index (χ3n) is 5.03. The van der Waals surface area contributed by atoms with E-state index in [9.17, 15) is 13.2 Å². The van der Waals surface area contributed by atoms with Crippen molar-refractivity contribution in [1.29, 1.82) is 0 Å². The standard InChI is InChI=1S/C23H27N5O3S2/c1-15(2)27-33(30,31)20-13-11-18(12-14-20)24-22(29)16(3)32-23-25-21(17-9-10-17)28(26-23)19-7-5-4-6-8-19/h4-8,11-17,27H,9-10H2,1-3H3,(H,24,29). The van der Waals surface area contributed by atoms with Crippen LogP contribution >= 0.6 is 11.8 Å².